The van der Waals surface area contributed by atoms with Gasteiger partial charge in [0.05, 0.1) is 32.8 Å². The third kappa shape index (κ3) is 4.33. The number of piperidine rings is 1. The average molecular weight is 423 g/mol. The van der Waals surface area contributed by atoms with E-state index in [1.165, 1.54) is 0 Å². The quantitative estimate of drug-likeness (QED) is 0.596. The summed E-state index contributed by atoms with van der Waals surface area (Å²) in [6, 6.07) is 12.7. The minimum atomic E-state index is -0.0842. The Morgan fingerprint density at radius 3 is 2.48 bits per heavy atom. The third-order valence-electron chi connectivity index (χ3n) is 5.49. The van der Waals surface area contributed by atoms with Crippen LogP contribution >= 0.6 is 0 Å². The van der Waals surface area contributed by atoms with Crippen LogP contribution in [-0.4, -0.2) is 55.4 Å². The van der Waals surface area contributed by atoms with Crippen molar-refractivity contribution >= 4 is 5.91 Å². The number of carbonyl (C=O) groups excluding carboxylic acids is 1. The van der Waals surface area contributed by atoms with Crippen LogP contribution in [0.1, 0.15) is 35.0 Å². The maximum absolute atomic E-state index is 13.2. The highest BCUT2D eigenvalue weighted by atomic mass is 16.5. The van der Waals surface area contributed by atoms with Crippen LogP contribution in [0.3, 0.4) is 0 Å². The predicted molar refractivity (Wildman–Crippen MR) is 114 cm³/mol. The molecule has 0 spiro atoms. The number of hydrogen-bond donors (Lipinski definition) is 0. The van der Waals surface area contributed by atoms with E-state index in [0.717, 1.165) is 24.2 Å². The molecule has 162 valence electrons. The van der Waals surface area contributed by atoms with Gasteiger partial charge in [0.25, 0.3) is 5.91 Å². The summed E-state index contributed by atoms with van der Waals surface area (Å²) in [4.78, 5) is 19.6. The first-order valence-corrected chi connectivity index (χ1v) is 10.1. The van der Waals surface area contributed by atoms with E-state index in [9.17, 15) is 4.79 Å². The highest BCUT2D eigenvalue weighted by molar-refractivity contribution is 5.97. The van der Waals surface area contributed by atoms with Crippen LogP contribution in [-0.2, 0) is 0 Å². The highest BCUT2D eigenvalue weighted by Crippen LogP contribution is 2.31. The molecule has 8 heteroatoms. The van der Waals surface area contributed by atoms with Gasteiger partial charge in [-0.25, -0.2) is 0 Å². The summed E-state index contributed by atoms with van der Waals surface area (Å²) in [6.07, 6.45) is 1.74. The first-order valence-electron chi connectivity index (χ1n) is 10.1. The van der Waals surface area contributed by atoms with Crippen molar-refractivity contribution in [2.75, 3.05) is 34.4 Å². The van der Waals surface area contributed by atoms with Crippen molar-refractivity contribution in [1.82, 2.24) is 15.0 Å². The number of benzene rings is 2. The van der Waals surface area contributed by atoms with Crippen molar-refractivity contribution in [3.05, 3.63) is 53.9 Å². The molecule has 2 heterocycles. The van der Waals surface area contributed by atoms with E-state index in [2.05, 4.69) is 10.1 Å². The van der Waals surface area contributed by atoms with E-state index >= 15 is 0 Å². The standard InChI is InChI=1S/C23H25N3O5/c1-28-17-8-6-15(7-9-17)21-24-22(31-25-21)16-5-4-12-26(14-16)23(27)19-11-10-18(29-2)13-20(19)30-3/h6-11,13,16H,4-5,12,14H2,1-3H3. The number of hydrogen-bond acceptors (Lipinski definition) is 7. The molecule has 3 aromatic rings. The molecule has 1 fully saturated rings. The maximum atomic E-state index is 13.2. The summed E-state index contributed by atoms with van der Waals surface area (Å²) in [6.45, 7) is 1.18. The summed E-state index contributed by atoms with van der Waals surface area (Å²) in [5, 5.41) is 4.13. The second-order valence-electron chi connectivity index (χ2n) is 7.34. The van der Waals surface area contributed by atoms with Crippen molar-refractivity contribution in [3.63, 3.8) is 0 Å². The van der Waals surface area contributed by atoms with Gasteiger partial charge in [-0.1, -0.05) is 5.16 Å². The fourth-order valence-electron chi connectivity index (χ4n) is 3.77. The van der Waals surface area contributed by atoms with Gasteiger partial charge in [-0.05, 0) is 49.2 Å². The van der Waals surface area contributed by atoms with Gasteiger partial charge in [0.2, 0.25) is 11.7 Å². The zero-order chi connectivity index (χ0) is 21.8. The van der Waals surface area contributed by atoms with E-state index in [4.69, 9.17) is 18.7 Å². The number of ether oxygens (including phenoxy) is 3. The molecular weight excluding hydrogens is 398 g/mol. The van der Waals surface area contributed by atoms with E-state index in [1.807, 2.05) is 29.2 Å². The van der Waals surface area contributed by atoms with Crippen LogP contribution in [0.25, 0.3) is 11.4 Å². The van der Waals surface area contributed by atoms with Gasteiger partial charge in [-0.15, -0.1) is 0 Å². The van der Waals surface area contributed by atoms with Gasteiger partial charge in [-0.3, -0.25) is 4.79 Å². The number of rotatable bonds is 6. The molecule has 0 N–H and O–H groups in total. The minimum Gasteiger partial charge on any atom is -0.497 e. The number of amides is 1. The van der Waals surface area contributed by atoms with E-state index < -0.39 is 0 Å². The largest absolute Gasteiger partial charge is 0.497 e. The fourth-order valence-corrected chi connectivity index (χ4v) is 3.77. The normalized spacial score (nSPS) is 16.1. The molecule has 0 bridgehead atoms. The lowest BCUT2D eigenvalue weighted by atomic mass is 9.97. The molecule has 0 aliphatic carbocycles. The smallest absolute Gasteiger partial charge is 0.257 e. The Balaban J connectivity index is 1.50. The Labute approximate surface area is 180 Å². The van der Waals surface area contributed by atoms with Crippen molar-refractivity contribution < 1.29 is 23.5 Å². The summed E-state index contributed by atoms with van der Waals surface area (Å²) in [7, 11) is 4.75. The molecule has 8 nitrogen and oxygen atoms in total. The van der Waals surface area contributed by atoms with Crippen LogP contribution in [0.2, 0.25) is 0 Å². The number of nitrogens with zero attached hydrogens (tertiary/aromatic N) is 3. The van der Waals surface area contributed by atoms with Gasteiger partial charge < -0.3 is 23.6 Å². The van der Waals surface area contributed by atoms with Crippen LogP contribution in [0.15, 0.2) is 47.0 Å². The molecular formula is C23H25N3O5. The lowest BCUT2D eigenvalue weighted by Crippen LogP contribution is -2.39. The van der Waals surface area contributed by atoms with Crippen LogP contribution in [0.4, 0.5) is 0 Å². The monoisotopic (exact) mass is 423 g/mol. The molecule has 1 aromatic heterocycles. The maximum Gasteiger partial charge on any atom is 0.257 e. The topological polar surface area (TPSA) is 86.9 Å². The Morgan fingerprint density at radius 1 is 1.03 bits per heavy atom. The molecule has 1 aliphatic rings. The number of carbonyl (C=O) groups is 1. The van der Waals surface area contributed by atoms with Gasteiger partial charge in [-0.2, -0.15) is 4.98 Å². The van der Waals surface area contributed by atoms with E-state index in [0.29, 0.717) is 41.9 Å². The molecule has 4 rings (SSSR count). The molecule has 31 heavy (non-hydrogen) atoms. The van der Waals surface area contributed by atoms with Crippen molar-refractivity contribution in [1.29, 1.82) is 0 Å². The first kappa shape index (κ1) is 20.7. The van der Waals surface area contributed by atoms with Crippen LogP contribution in [0.5, 0.6) is 17.2 Å². The summed E-state index contributed by atoms with van der Waals surface area (Å²) in [5.41, 5.74) is 1.36. The van der Waals surface area contributed by atoms with Gasteiger partial charge >= 0.3 is 0 Å². The van der Waals surface area contributed by atoms with Crippen molar-refractivity contribution in [2.24, 2.45) is 0 Å². The summed E-state index contributed by atoms with van der Waals surface area (Å²) in [5.74, 6) is 2.87. The molecule has 0 saturated carbocycles. The number of likely N-dealkylation sites (tertiary alicyclic amines) is 1. The van der Waals surface area contributed by atoms with Gasteiger partial charge in [0, 0.05) is 24.7 Å². The van der Waals surface area contributed by atoms with E-state index in [-0.39, 0.29) is 11.8 Å². The van der Waals surface area contributed by atoms with Crippen molar-refractivity contribution in [3.8, 4) is 28.6 Å². The Bertz CT molecular complexity index is 1050. The number of methoxy groups -OCH3 is 3. The number of aromatic nitrogens is 2. The predicted octanol–water partition coefficient (Wildman–Crippen LogP) is 3.78. The molecule has 1 amide bonds. The molecule has 1 aliphatic heterocycles. The fraction of sp³-hybridized carbons (Fsp3) is 0.348. The Kier molecular flexibility index (Phi) is 6.06. The van der Waals surface area contributed by atoms with Crippen LogP contribution < -0.4 is 14.2 Å². The first-order chi connectivity index (χ1) is 15.1. The van der Waals surface area contributed by atoms with Gasteiger partial charge in [0.1, 0.15) is 17.2 Å². The molecule has 0 radical (unpaired) electrons. The summed E-state index contributed by atoms with van der Waals surface area (Å²) < 4.78 is 21.4. The van der Waals surface area contributed by atoms with E-state index in [1.54, 1.807) is 39.5 Å². The zero-order valence-corrected chi connectivity index (χ0v) is 17.8. The highest BCUT2D eigenvalue weighted by Gasteiger charge is 2.30. The van der Waals surface area contributed by atoms with Crippen molar-refractivity contribution in [2.45, 2.75) is 18.8 Å². The Hall–Kier alpha value is -3.55. The Morgan fingerprint density at radius 2 is 1.77 bits per heavy atom. The second kappa shape index (κ2) is 9.07. The summed E-state index contributed by atoms with van der Waals surface area (Å²) >= 11 is 0. The zero-order valence-electron chi connectivity index (χ0n) is 17.8. The lowest BCUT2D eigenvalue weighted by molar-refractivity contribution is 0.0692. The third-order valence-corrected chi connectivity index (χ3v) is 5.49. The lowest BCUT2D eigenvalue weighted by Gasteiger charge is -2.31. The van der Waals surface area contributed by atoms with Crippen LogP contribution in [0, 0.1) is 0 Å². The molecule has 1 unspecified atom stereocenters. The second-order valence-corrected chi connectivity index (χ2v) is 7.34. The SMILES string of the molecule is COc1ccc(-c2noc(C3CCCN(C(=O)c4ccc(OC)cc4OC)C3)n2)cc1. The molecule has 1 atom stereocenters. The average Bonchev–Trinajstić information content (AvgIpc) is 3.33. The molecule has 1 saturated heterocycles. The minimum absolute atomic E-state index is 0.0126. The molecule has 2 aromatic carbocycles. The van der Waals surface area contributed by atoms with Gasteiger partial charge in [0.15, 0.2) is 0 Å².